The van der Waals surface area contributed by atoms with Gasteiger partial charge >= 0.3 is 0 Å². The molecule has 1 N–H and O–H groups in total. The molecule has 0 radical (unpaired) electrons. The topological polar surface area (TPSA) is 15.3 Å². The minimum Gasteiger partial charge on any atom is -0.314 e. The molecule has 1 saturated heterocycles. The lowest BCUT2D eigenvalue weighted by Crippen LogP contribution is -2.50. The number of piperidine rings is 1. The predicted octanol–water partition coefficient (Wildman–Crippen LogP) is 3.97. The molecule has 1 heterocycles. The van der Waals surface area contributed by atoms with Crippen LogP contribution < -0.4 is 5.32 Å². The Balaban J connectivity index is 1.83. The summed E-state index contributed by atoms with van der Waals surface area (Å²) in [6.07, 6.45) is 2.44. The van der Waals surface area contributed by atoms with Crippen LogP contribution in [0.15, 0.2) is 42.5 Å². The van der Waals surface area contributed by atoms with Crippen molar-refractivity contribution in [2.45, 2.75) is 38.3 Å². The third kappa shape index (κ3) is 2.83. The number of nitrogens with zero attached hydrogens (tertiary/aromatic N) is 1. The van der Waals surface area contributed by atoms with Crippen LogP contribution in [0.1, 0.15) is 38.3 Å². The van der Waals surface area contributed by atoms with Gasteiger partial charge in [0.1, 0.15) is 0 Å². The van der Waals surface area contributed by atoms with Crippen LogP contribution in [0.5, 0.6) is 0 Å². The van der Waals surface area contributed by atoms with Gasteiger partial charge in [0.15, 0.2) is 0 Å². The van der Waals surface area contributed by atoms with E-state index in [1.807, 2.05) is 0 Å². The number of hydrogen-bond donors (Lipinski definition) is 1. The molecule has 21 heavy (non-hydrogen) atoms. The normalized spacial score (nSPS) is 20.5. The smallest absolute Gasteiger partial charge is 0.0326 e. The van der Waals surface area contributed by atoms with Crippen molar-refractivity contribution in [2.75, 3.05) is 20.1 Å². The zero-order chi connectivity index (χ0) is 14.9. The van der Waals surface area contributed by atoms with Gasteiger partial charge in [0.05, 0.1) is 0 Å². The average molecular weight is 282 g/mol. The van der Waals surface area contributed by atoms with Gasteiger partial charge in [0.2, 0.25) is 0 Å². The molecule has 0 saturated carbocycles. The standard InChI is InChI=1S/C19H26N2/c1-15(21-13-11-19(2,20-3)12-14-21)17-10-6-8-16-7-4-5-9-18(16)17/h4-10,15,20H,11-14H2,1-3H3. The molecular weight excluding hydrogens is 256 g/mol. The summed E-state index contributed by atoms with van der Waals surface area (Å²) in [5.74, 6) is 0. The second kappa shape index (κ2) is 5.78. The molecule has 2 aromatic carbocycles. The minimum absolute atomic E-state index is 0.314. The zero-order valence-corrected chi connectivity index (χ0v) is 13.4. The summed E-state index contributed by atoms with van der Waals surface area (Å²) in [5, 5.41) is 6.23. The number of hydrogen-bond acceptors (Lipinski definition) is 2. The first-order chi connectivity index (χ1) is 10.1. The minimum atomic E-state index is 0.314. The van der Waals surface area contributed by atoms with E-state index in [2.05, 4.69) is 73.6 Å². The van der Waals surface area contributed by atoms with E-state index in [9.17, 15) is 0 Å². The van der Waals surface area contributed by atoms with Crippen LogP contribution in [0.2, 0.25) is 0 Å². The Hall–Kier alpha value is -1.38. The largest absolute Gasteiger partial charge is 0.314 e. The molecule has 1 aliphatic rings. The van der Waals surface area contributed by atoms with E-state index in [1.165, 1.54) is 42.3 Å². The molecular formula is C19H26N2. The van der Waals surface area contributed by atoms with Crippen molar-refractivity contribution >= 4 is 10.8 Å². The highest BCUT2D eigenvalue weighted by atomic mass is 15.2. The van der Waals surface area contributed by atoms with Crippen molar-refractivity contribution < 1.29 is 0 Å². The fraction of sp³-hybridized carbons (Fsp3) is 0.474. The molecule has 0 aliphatic carbocycles. The highest BCUT2D eigenvalue weighted by Crippen LogP contribution is 2.32. The second-order valence-corrected chi connectivity index (χ2v) is 6.59. The molecule has 0 amide bonds. The Labute approximate surface area is 128 Å². The summed E-state index contributed by atoms with van der Waals surface area (Å²) >= 11 is 0. The van der Waals surface area contributed by atoms with Gasteiger partial charge < -0.3 is 5.32 Å². The van der Waals surface area contributed by atoms with Crippen molar-refractivity contribution in [2.24, 2.45) is 0 Å². The molecule has 1 unspecified atom stereocenters. The van der Waals surface area contributed by atoms with Crippen LogP contribution in [0.4, 0.5) is 0 Å². The molecule has 3 rings (SSSR count). The Morgan fingerprint density at radius 2 is 1.71 bits per heavy atom. The van der Waals surface area contributed by atoms with E-state index in [0.717, 1.165) is 0 Å². The van der Waals surface area contributed by atoms with E-state index in [4.69, 9.17) is 0 Å². The van der Waals surface area contributed by atoms with Crippen LogP contribution in [0.25, 0.3) is 10.8 Å². The van der Waals surface area contributed by atoms with Crippen LogP contribution >= 0.6 is 0 Å². The molecule has 1 atom stereocenters. The third-order valence-electron chi connectivity index (χ3n) is 5.33. The lowest BCUT2D eigenvalue weighted by Gasteiger charge is -2.42. The molecule has 112 valence electrons. The van der Waals surface area contributed by atoms with Crippen molar-refractivity contribution in [3.63, 3.8) is 0 Å². The number of nitrogens with one attached hydrogen (secondary N) is 1. The summed E-state index contributed by atoms with van der Waals surface area (Å²) in [7, 11) is 2.09. The van der Waals surface area contributed by atoms with Crippen molar-refractivity contribution in [3.05, 3.63) is 48.0 Å². The fourth-order valence-electron chi connectivity index (χ4n) is 3.47. The van der Waals surface area contributed by atoms with Gasteiger partial charge in [-0.2, -0.15) is 0 Å². The average Bonchev–Trinajstić information content (AvgIpc) is 2.54. The summed E-state index contributed by atoms with van der Waals surface area (Å²) < 4.78 is 0. The van der Waals surface area contributed by atoms with Crippen molar-refractivity contribution in [1.29, 1.82) is 0 Å². The molecule has 0 aromatic heterocycles. The predicted molar refractivity (Wildman–Crippen MR) is 90.6 cm³/mol. The molecule has 2 aromatic rings. The van der Waals surface area contributed by atoms with Crippen LogP contribution in [0.3, 0.4) is 0 Å². The summed E-state index contributed by atoms with van der Waals surface area (Å²) in [4.78, 5) is 2.63. The maximum atomic E-state index is 3.48. The van der Waals surface area contributed by atoms with E-state index in [0.29, 0.717) is 11.6 Å². The third-order valence-corrected chi connectivity index (χ3v) is 5.33. The van der Waals surface area contributed by atoms with E-state index in [1.54, 1.807) is 0 Å². The summed E-state index contributed by atoms with van der Waals surface area (Å²) in [5.41, 5.74) is 1.77. The van der Waals surface area contributed by atoms with Gasteiger partial charge in [0, 0.05) is 24.7 Å². The number of benzene rings is 2. The van der Waals surface area contributed by atoms with Gasteiger partial charge in [-0.15, -0.1) is 0 Å². The van der Waals surface area contributed by atoms with Gasteiger partial charge in [-0.25, -0.2) is 0 Å². The van der Waals surface area contributed by atoms with E-state index < -0.39 is 0 Å². The maximum absolute atomic E-state index is 3.48. The molecule has 1 aliphatic heterocycles. The van der Waals surface area contributed by atoms with Crippen LogP contribution in [0, 0.1) is 0 Å². The van der Waals surface area contributed by atoms with Crippen molar-refractivity contribution in [3.8, 4) is 0 Å². The number of fused-ring (bicyclic) bond motifs is 1. The summed E-state index contributed by atoms with van der Waals surface area (Å²) in [6, 6.07) is 15.9. The van der Waals surface area contributed by atoms with Gasteiger partial charge in [-0.3, -0.25) is 4.90 Å². The molecule has 2 nitrogen and oxygen atoms in total. The maximum Gasteiger partial charge on any atom is 0.0326 e. The fourth-order valence-corrected chi connectivity index (χ4v) is 3.47. The Kier molecular flexibility index (Phi) is 4.01. The highest BCUT2D eigenvalue weighted by Gasteiger charge is 2.30. The van der Waals surface area contributed by atoms with Crippen LogP contribution in [-0.4, -0.2) is 30.6 Å². The van der Waals surface area contributed by atoms with Crippen molar-refractivity contribution in [1.82, 2.24) is 10.2 Å². The SMILES string of the molecule is CNC1(C)CCN(C(C)c2cccc3ccccc23)CC1. The quantitative estimate of drug-likeness (QED) is 0.916. The molecule has 1 fully saturated rings. The first-order valence-corrected chi connectivity index (χ1v) is 8.04. The second-order valence-electron chi connectivity index (χ2n) is 6.59. The number of rotatable bonds is 3. The Bertz CT molecular complexity index is 606. The lowest BCUT2D eigenvalue weighted by molar-refractivity contribution is 0.118. The molecule has 0 spiro atoms. The van der Waals surface area contributed by atoms with Crippen LogP contribution in [-0.2, 0) is 0 Å². The summed E-state index contributed by atoms with van der Waals surface area (Å²) in [6.45, 7) is 7.03. The van der Waals surface area contributed by atoms with E-state index in [-0.39, 0.29) is 0 Å². The van der Waals surface area contributed by atoms with Gasteiger partial charge in [-0.1, -0.05) is 42.5 Å². The number of likely N-dealkylation sites (tertiary alicyclic amines) is 1. The zero-order valence-electron chi connectivity index (χ0n) is 13.4. The molecule has 0 bridgehead atoms. The lowest BCUT2D eigenvalue weighted by atomic mass is 9.88. The molecule has 2 heteroatoms. The first kappa shape index (κ1) is 14.6. The van der Waals surface area contributed by atoms with Gasteiger partial charge in [-0.05, 0) is 50.1 Å². The Morgan fingerprint density at radius 3 is 2.43 bits per heavy atom. The first-order valence-electron chi connectivity index (χ1n) is 8.04. The Morgan fingerprint density at radius 1 is 1.05 bits per heavy atom. The monoisotopic (exact) mass is 282 g/mol. The highest BCUT2D eigenvalue weighted by molar-refractivity contribution is 5.86. The van der Waals surface area contributed by atoms with E-state index >= 15 is 0 Å². The van der Waals surface area contributed by atoms with Gasteiger partial charge in [0.25, 0.3) is 0 Å².